The topological polar surface area (TPSA) is 206 Å². The number of amides is 5. The average molecular weight is 695 g/mol. The zero-order valence-electron chi connectivity index (χ0n) is 28.8. The molecule has 3 aromatic rings. The minimum absolute atomic E-state index is 0.0778. The van der Waals surface area contributed by atoms with E-state index in [1.807, 2.05) is 54.6 Å². The summed E-state index contributed by atoms with van der Waals surface area (Å²) in [4.78, 5) is 78.7. The van der Waals surface area contributed by atoms with Crippen molar-refractivity contribution in [1.82, 2.24) is 31.6 Å². The molecule has 5 amide bonds. The zero-order chi connectivity index (χ0) is 36.5. The Balaban J connectivity index is 1.67. The number of benzene rings is 2. The highest BCUT2D eigenvalue weighted by molar-refractivity contribution is 5.94. The van der Waals surface area contributed by atoms with Crippen molar-refractivity contribution in [2.24, 2.45) is 0 Å². The lowest BCUT2D eigenvalue weighted by molar-refractivity contribution is -0.141. The maximum absolute atomic E-state index is 13.8. The molecule has 1 aromatic heterocycles. The molecule has 15 nitrogen and oxygen atoms in total. The number of hydrogen-bond donors (Lipinski definition) is 6. The molecule has 0 unspecified atom stereocenters. The first-order valence-electron chi connectivity index (χ1n) is 16.2. The van der Waals surface area contributed by atoms with Gasteiger partial charge in [0.05, 0.1) is 13.7 Å². The van der Waals surface area contributed by atoms with Crippen LogP contribution in [-0.4, -0.2) is 85.3 Å². The number of methoxy groups -OCH3 is 1. The molecule has 2 aromatic carbocycles. The van der Waals surface area contributed by atoms with Gasteiger partial charge in [0.1, 0.15) is 30.8 Å². The van der Waals surface area contributed by atoms with Crippen LogP contribution >= 0.6 is 0 Å². The Kier molecular flexibility index (Phi) is 15.1. The first kappa shape index (κ1) is 38.8. The number of hydrogen-bond acceptors (Lipinski definition) is 9. The summed E-state index contributed by atoms with van der Waals surface area (Å²) in [5.74, 6) is -2.62. The third-order valence-electron chi connectivity index (χ3n) is 7.22. The summed E-state index contributed by atoms with van der Waals surface area (Å²) in [5, 5.41) is 13.7. The summed E-state index contributed by atoms with van der Waals surface area (Å²) in [6.45, 7) is 4.60. The fourth-order valence-corrected chi connectivity index (χ4v) is 4.75. The third kappa shape index (κ3) is 13.9. The van der Waals surface area contributed by atoms with Gasteiger partial charge in [0.2, 0.25) is 17.7 Å². The number of carbonyl (C=O) groups is 6. The number of unbranched alkanes of at least 4 members (excludes halogenated alkanes) is 1. The molecule has 50 heavy (non-hydrogen) atoms. The molecule has 0 radical (unpaired) electrons. The molecule has 0 fully saturated rings. The van der Waals surface area contributed by atoms with E-state index in [4.69, 9.17) is 9.47 Å². The molecule has 2 atom stereocenters. The van der Waals surface area contributed by atoms with Crippen molar-refractivity contribution in [3.8, 4) is 0 Å². The lowest BCUT2D eigenvalue weighted by Gasteiger charge is -2.25. The fourth-order valence-electron chi connectivity index (χ4n) is 4.75. The second-order valence-electron chi connectivity index (χ2n) is 12.4. The predicted octanol–water partition coefficient (Wildman–Crippen LogP) is 2.59. The van der Waals surface area contributed by atoms with Crippen molar-refractivity contribution in [2.75, 3.05) is 26.7 Å². The lowest BCUT2D eigenvalue weighted by Crippen LogP contribution is -2.55. The van der Waals surface area contributed by atoms with Gasteiger partial charge in [0.15, 0.2) is 0 Å². The summed E-state index contributed by atoms with van der Waals surface area (Å²) in [6, 6.07) is 14.5. The van der Waals surface area contributed by atoms with Gasteiger partial charge in [-0.3, -0.25) is 19.2 Å². The SMILES string of the molecule is COC(=O)CNC(=O)CNC(=O)[C@H](CCCCNC(=O)OCc1ccccc1)NC(=O)[C@H](Cc1c[nH]c2ccccc12)NC(=O)OC(C)(C)C. The summed E-state index contributed by atoms with van der Waals surface area (Å²) in [6.07, 6.45) is 1.38. The number of H-pyrrole nitrogens is 1. The van der Waals surface area contributed by atoms with Crippen LogP contribution in [0.1, 0.15) is 51.2 Å². The molecule has 0 aliphatic rings. The Morgan fingerprint density at radius 2 is 1.50 bits per heavy atom. The first-order valence-corrected chi connectivity index (χ1v) is 16.2. The molecule has 1 heterocycles. The average Bonchev–Trinajstić information content (AvgIpc) is 3.49. The van der Waals surface area contributed by atoms with E-state index >= 15 is 0 Å². The molecule has 0 bridgehead atoms. The van der Waals surface area contributed by atoms with Gasteiger partial charge in [0, 0.05) is 30.1 Å². The second-order valence-corrected chi connectivity index (χ2v) is 12.4. The quantitative estimate of drug-likeness (QED) is 0.0697. The molecule has 0 spiro atoms. The normalized spacial score (nSPS) is 12.2. The number of aromatic nitrogens is 1. The van der Waals surface area contributed by atoms with Gasteiger partial charge in [-0.15, -0.1) is 0 Å². The van der Waals surface area contributed by atoms with Crippen molar-refractivity contribution < 1.29 is 43.0 Å². The lowest BCUT2D eigenvalue weighted by atomic mass is 10.0. The summed E-state index contributed by atoms with van der Waals surface area (Å²) in [5.41, 5.74) is 1.62. The van der Waals surface area contributed by atoms with E-state index in [9.17, 15) is 28.8 Å². The fraction of sp³-hybridized carbons (Fsp3) is 0.429. The van der Waals surface area contributed by atoms with E-state index in [-0.39, 0.29) is 32.5 Å². The molecule has 15 heteroatoms. The summed E-state index contributed by atoms with van der Waals surface area (Å²) >= 11 is 0. The highest BCUT2D eigenvalue weighted by Crippen LogP contribution is 2.20. The maximum Gasteiger partial charge on any atom is 0.408 e. The van der Waals surface area contributed by atoms with E-state index in [0.29, 0.717) is 12.8 Å². The monoisotopic (exact) mass is 694 g/mol. The number of aromatic amines is 1. The molecule has 3 rings (SSSR count). The highest BCUT2D eigenvalue weighted by Gasteiger charge is 2.29. The Morgan fingerprint density at radius 3 is 2.22 bits per heavy atom. The zero-order valence-corrected chi connectivity index (χ0v) is 28.8. The smallest absolute Gasteiger partial charge is 0.408 e. The van der Waals surface area contributed by atoms with E-state index in [0.717, 1.165) is 22.0 Å². The Labute approximate surface area is 290 Å². The van der Waals surface area contributed by atoms with Crippen molar-refractivity contribution in [3.63, 3.8) is 0 Å². The van der Waals surface area contributed by atoms with Crippen molar-refractivity contribution >= 4 is 46.8 Å². The summed E-state index contributed by atoms with van der Waals surface area (Å²) in [7, 11) is 1.18. The van der Waals surface area contributed by atoms with Gasteiger partial charge in [-0.05, 0) is 57.2 Å². The molecule has 0 aliphatic heterocycles. The van der Waals surface area contributed by atoms with Gasteiger partial charge in [-0.25, -0.2) is 9.59 Å². The highest BCUT2D eigenvalue weighted by atomic mass is 16.6. The number of rotatable bonds is 17. The maximum atomic E-state index is 13.8. The van der Waals surface area contributed by atoms with Crippen molar-refractivity contribution in [3.05, 3.63) is 71.9 Å². The van der Waals surface area contributed by atoms with E-state index in [2.05, 4.69) is 36.3 Å². The minimum Gasteiger partial charge on any atom is -0.468 e. The van der Waals surface area contributed by atoms with Crippen LogP contribution in [0.3, 0.4) is 0 Å². The van der Waals surface area contributed by atoms with Crippen molar-refractivity contribution in [2.45, 2.75) is 70.7 Å². The van der Waals surface area contributed by atoms with Crippen LogP contribution < -0.4 is 26.6 Å². The number of ether oxygens (including phenoxy) is 3. The molecule has 270 valence electrons. The van der Waals surface area contributed by atoms with Crippen LogP contribution in [0.5, 0.6) is 0 Å². The van der Waals surface area contributed by atoms with Gasteiger partial charge < -0.3 is 45.8 Å². The Morgan fingerprint density at radius 1 is 0.780 bits per heavy atom. The van der Waals surface area contributed by atoms with Crippen LogP contribution in [0.25, 0.3) is 10.9 Å². The number of alkyl carbamates (subject to hydrolysis) is 2. The van der Waals surface area contributed by atoms with E-state index in [1.54, 1.807) is 27.0 Å². The van der Waals surface area contributed by atoms with Crippen LogP contribution in [0.15, 0.2) is 60.8 Å². The third-order valence-corrected chi connectivity index (χ3v) is 7.22. The number of nitrogens with one attached hydrogen (secondary N) is 6. The van der Waals surface area contributed by atoms with Gasteiger partial charge in [0.25, 0.3) is 0 Å². The molecule has 6 N–H and O–H groups in total. The van der Waals surface area contributed by atoms with Crippen LogP contribution in [0, 0.1) is 0 Å². The molecular formula is C35H46N6O9. The standard InChI is InChI=1S/C35H46N6O9/c1-35(2,3)50-34(47)41-28(18-24-19-37-26-15-9-8-14-25(24)26)32(45)40-27(31(44)39-20-29(42)38-21-30(43)48-4)16-10-11-17-36-33(46)49-22-23-12-6-5-7-13-23/h5-9,12-15,19,27-28,37H,10-11,16-18,20-22H2,1-4H3,(H,36,46)(H,38,42)(H,39,44)(H,40,45)(H,41,47)/t27-,28-/m0/s1. The van der Waals surface area contributed by atoms with Gasteiger partial charge in [-0.2, -0.15) is 0 Å². The second kappa shape index (κ2) is 19.4. The van der Waals surface area contributed by atoms with Gasteiger partial charge in [-0.1, -0.05) is 48.5 Å². The number of esters is 1. The van der Waals surface area contributed by atoms with Crippen molar-refractivity contribution in [1.29, 1.82) is 0 Å². The Hall–Kier alpha value is -5.60. The van der Waals surface area contributed by atoms with E-state index in [1.165, 1.54) is 7.11 Å². The number of fused-ring (bicyclic) bond motifs is 1. The summed E-state index contributed by atoms with van der Waals surface area (Å²) < 4.78 is 15.1. The minimum atomic E-state index is -1.14. The Bertz CT molecular complexity index is 1600. The van der Waals surface area contributed by atoms with Crippen LogP contribution in [0.4, 0.5) is 9.59 Å². The van der Waals surface area contributed by atoms with E-state index < -0.39 is 60.1 Å². The molecule has 0 saturated carbocycles. The van der Waals surface area contributed by atoms with Crippen LogP contribution in [0.2, 0.25) is 0 Å². The molecular weight excluding hydrogens is 648 g/mol. The first-order chi connectivity index (χ1) is 23.8. The number of para-hydroxylation sites is 1. The molecule has 0 aliphatic carbocycles. The van der Waals surface area contributed by atoms with Crippen LogP contribution in [-0.2, 0) is 46.4 Å². The number of carbonyl (C=O) groups excluding carboxylic acids is 6. The largest absolute Gasteiger partial charge is 0.468 e. The van der Waals surface area contributed by atoms with Gasteiger partial charge >= 0.3 is 18.2 Å². The predicted molar refractivity (Wildman–Crippen MR) is 184 cm³/mol. The molecule has 0 saturated heterocycles.